The van der Waals surface area contributed by atoms with Crippen molar-refractivity contribution in [2.75, 3.05) is 5.32 Å². The van der Waals surface area contributed by atoms with Gasteiger partial charge in [0.25, 0.3) is 5.91 Å². The van der Waals surface area contributed by atoms with Crippen LogP contribution < -0.4 is 5.32 Å². The topological polar surface area (TPSA) is 54.9 Å². The number of carbonyl (C=O) groups excluding carboxylic acids is 1. The number of carbonyl (C=O) groups is 1. The van der Waals surface area contributed by atoms with E-state index in [0.717, 1.165) is 2.88 Å². The van der Waals surface area contributed by atoms with E-state index in [2.05, 4.69) is 37.9 Å². The van der Waals surface area contributed by atoms with Gasteiger partial charge in [-0.25, -0.2) is 9.97 Å². The third-order valence-corrected chi connectivity index (χ3v) is 3.41. The molecule has 0 aliphatic rings. The van der Waals surface area contributed by atoms with Crippen molar-refractivity contribution in [3.8, 4) is 0 Å². The third-order valence-electron chi connectivity index (χ3n) is 1.62. The zero-order chi connectivity index (χ0) is 10.7. The molecule has 0 saturated heterocycles. The van der Waals surface area contributed by atoms with Gasteiger partial charge in [-0.2, -0.15) is 0 Å². The molecule has 0 fully saturated rings. The summed E-state index contributed by atoms with van der Waals surface area (Å²) in [6, 6.07) is 3.52. The van der Waals surface area contributed by atoms with Crippen LogP contribution in [0.3, 0.4) is 0 Å². The highest BCUT2D eigenvalue weighted by Gasteiger charge is 2.08. The molecule has 0 radical (unpaired) electrons. The van der Waals surface area contributed by atoms with E-state index in [0.29, 0.717) is 11.5 Å². The van der Waals surface area contributed by atoms with Crippen molar-refractivity contribution < 1.29 is 4.79 Å². The maximum atomic E-state index is 11.6. The second-order valence-corrected chi connectivity index (χ2v) is 5.47. The largest absolute Gasteiger partial charge is 0.290 e. The lowest BCUT2D eigenvalue weighted by Crippen LogP contribution is -2.12. The Bertz CT molecular complexity index is 471. The minimum Gasteiger partial charge on any atom is -0.290 e. The number of amides is 1. The fraction of sp³-hybridized carbons (Fsp3) is 0. The fourth-order valence-corrected chi connectivity index (χ4v) is 2.29. The number of hydrogen-bond donors (Lipinski definition) is 1. The molecule has 2 aromatic rings. The molecular formula is C9H6IN3OS. The van der Waals surface area contributed by atoms with E-state index in [1.165, 1.54) is 11.3 Å². The van der Waals surface area contributed by atoms with Crippen LogP contribution in [-0.4, -0.2) is 15.9 Å². The molecule has 2 aromatic heterocycles. The highest BCUT2D eigenvalue weighted by Crippen LogP contribution is 2.17. The number of thiophene rings is 1. The van der Waals surface area contributed by atoms with Gasteiger partial charge in [0.1, 0.15) is 0 Å². The van der Waals surface area contributed by atoms with Crippen molar-refractivity contribution in [1.82, 2.24) is 9.97 Å². The zero-order valence-corrected chi connectivity index (χ0v) is 10.4. The van der Waals surface area contributed by atoms with E-state index < -0.39 is 0 Å². The van der Waals surface area contributed by atoms with E-state index >= 15 is 0 Å². The molecule has 1 amide bonds. The molecule has 15 heavy (non-hydrogen) atoms. The average molecular weight is 331 g/mol. The lowest BCUT2D eigenvalue weighted by atomic mass is 10.3. The molecule has 0 aliphatic carbocycles. The molecule has 2 heterocycles. The van der Waals surface area contributed by atoms with Crippen molar-refractivity contribution in [2.45, 2.75) is 0 Å². The van der Waals surface area contributed by atoms with Gasteiger partial charge in [-0.15, -0.1) is 11.3 Å². The summed E-state index contributed by atoms with van der Waals surface area (Å²) in [7, 11) is 0. The summed E-state index contributed by atoms with van der Waals surface area (Å²) >= 11 is 3.70. The predicted octanol–water partition coefficient (Wildman–Crippen LogP) is 2.40. The van der Waals surface area contributed by atoms with Crippen molar-refractivity contribution >= 4 is 45.8 Å². The fourth-order valence-electron chi connectivity index (χ4n) is 0.966. The second-order valence-electron chi connectivity index (χ2n) is 2.67. The summed E-state index contributed by atoms with van der Waals surface area (Å²) in [5.41, 5.74) is 0.636. The molecule has 2 rings (SSSR count). The van der Waals surface area contributed by atoms with Gasteiger partial charge in [-0.05, 0) is 34.7 Å². The van der Waals surface area contributed by atoms with Crippen LogP contribution in [-0.2, 0) is 0 Å². The number of aromatic nitrogens is 2. The summed E-state index contributed by atoms with van der Waals surface area (Å²) in [5, 5.41) is 4.42. The molecule has 0 bridgehead atoms. The standard InChI is InChI=1S/C9H6IN3OS/c10-7-4-6(5-15-7)8(14)13-9-11-2-1-3-12-9/h1-5H,(H,11,12,13,14). The van der Waals surface area contributed by atoms with Gasteiger partial charge in [0.15, 0.2) is 0 Å². The number of nitrogens with one attached hydrogen (secondary N) is 1. The molecule has 1 N–H and O–H groups in total. The molecular weight excluding hydrogens is 325 g/mol. The monoisotopic (exact) mass is 331 g/mol. The first-order valence-electron chi connectivity index (χ1n) is 4.08. The molecule has 0 saturated carbocycles. The molecule has 0 aliphatic heterocycles. The smallest absolute Gasteiger partial charge is 0.258 e. The second kappa shape index (κ2) is 4.67. The minimum absolute atomic E-state index is 0.180. The van der Waals surface area contributed by atoms with Gasteiger partial charge >= 0.3 is 0 Å². The van der Waals surface area contributed by atoms with Crippen molar-refractivity contribution in [3.63, 3.8) is 0 Å². The lowest BCUT2D eigenvalue weighted by Gasteiger charge is -1.99. The molecule has 4 nitrogen and oxygen atoms in total. The van der Waals surface area contributed by atoms with E-state index in [1.807, 2.05) is 6.07 Å². The van der Waals surface area contributed by atoms with Crippen LogP contribution in [0, 0.1) is 2.88 Å². The number of nitrogens with zero attached hydrogens (tertiary/aromatic N) is 2. The number of rotatable bonds is 2. The number of anilines is 1. The summed E-state index contributed by atoms with van der Waals surface area (Å²) in [6.45, 7) is 0. The summed E-state index contributed by atoms with van der Waals surface area (Å²) < 4.78 is 1.08. The van der Waals surface area contributed by atoms with Crippen LogP contribution in [0.25, 0.3) is 0 Å². The Balaban J connectivity index is 2.11. The van der Waals surface area contributed by atoms with Crippen LogP contribution in [0.4, 0.5) is 5.95 Å². The molecule has 0 spiro atoms. The first kappa shape index (κ1) is 10.5. The highest BCUT2D eigenvalue weighted by atomic mass is 127. The number of hydrogen-bond acceptors (Lipinski definition) is 4. The highest BCUT2D eigenvalue weighted by molar-refractivity contribution is 14.1. The first-order valence-corrected chi connectivity index (χ1v) is 6.04. The van der Waals surface area contributed by atoms with Crippen LogP contribution in [0.5, 0.6) is 0 Å². The number of halogens is 1. The SMILES string of the molecule is O=C(Nc1ncccn1)c1csc(I)c1. The van der Waals surface area contributed by atoms with Gasteiger partial charge < -0.3 is 0 Å². The van der Waals surface area contributed by atoms with Crippen LogP contribution in [0.2, 0.25) is 0 Å². The Hall–Kier alpha value is -1.02. The first-order chi connectivity index (χ1) is 7.25. The van der Waals surface area contributed by atoms with E-state index in [9.17, 15) is 4.79 Å². The third kappa shape index (κ3) is 2.72. The van der Waals surface area contributed by atoms with Gasteiger partial charge in [0.05, 0.1) is 8.45 Å². The molecule has 0 atom stereocenters. The summed E-state index contributed by atoms with van der Waals surface area (Å²) in [4.78, 5) is 19.5. The maximum Gasteiger partial charge on any atom is 0.258 e. The van der Waals surface area contributed by atoms with Crippen molar-refractivity contribution in [3.05, 3.63) is 38.4 Å². The lowest BCUT2D eigenvalue weighted by molar-refractivity contribution is 0.102. The van der Waals surface area contributed by atoms with E-state index in [4.69, 9.17) is 0 Å². The maximum absolute atomic E-state index is 11.6. The Morgan fingerprint density at radius 1 is 1.40 bits per heavy atom. The van der Waals surface area contributed by atoms with Crippen LogP contribution in [0.1, 0.15) is 10.4 Å². The van der Waals surface area contributed by atoms with Gasteiger partial charge in [0, 0.05) is 17.8 Å². The Kier molecular flexibility index (Phi) is 3.27. The predicted molar refractivity (Wildman–Crippen MR) is 67.0 cm³/mol. The Morgan fingerprint density at radius 3 is 2.73 bits per heavy atom. The van der Waals surface area contributed by atoms with Gasteiger partial charge in [-0.3, -0.25) is 10.1 Å². The quantitative estimate of drug-likeness (QED) is 0.860. The van der Waals surface area contributed by atoms with Crippen LogP contribution >= 0.6 is 33.9 Å². The Labute approximate surface area is 104 Å². The molecule has 0 aromatic carbocycles. The molecule has 76 valence electrons. The molecule has 6 heteroatoms. The van der Waals surface area contributed by atoms with Crippen molar-refractivity contribution in [1.29, 1.82) is 0 Å². The van der Waals surface area contributed by atoms with Crippen molar-refractivity contribution in [2.24, 2.45) is 0 Å². The van der Waals surface area contributed by atoms with Gasteiger partial charge in [-0.1, -0.05) is 0 Å². The zero-order valence-electron chi connectivity index (χ0n) is 7.48. The normalized spacial score (nSPS) is 9.93. The minimum atomic E-state index is -0.180. The van der Waals surface area contributed by atoms with E-state index in [1.54, 1.807) is 23.8 Å². The summed E-state index contributed by atoms with van der Waals surface area (Å²) in [6.07, 6.45) is 3.17. The molecule has 0 unspecified atom stereocenters. The Morgan fingerprint density at radius 2 is 2.13 bits per heavy atom. The average Bonchev–Trinajstić information content (AvgIpc) is 2.66. The van der Waals surface area contributed by atoms with Gasteiger partial charge in [0.2, 0.25) is 5.95 Å². The summed E-state index contributed by atoms with van der Waals surface area (Å²) in [5.74, 6) is 0.143. The van der Waals surface area contributed by atoms with Crippen LogP contribution in [0.15, 0.2) is 29.9 Å². The van der Waals surface area contributed by atoms with E-state index in [-0.39, 0.29) is 5.91 Å².